The molecule has 1 unspecified atom stereocenters. The Morgan fingerprint density at radius 1 is 1.06 bits per heavy atom. The van der Waals surface area contributed by atoms with E-state index in [1.54, 1.807) is 0 Å². The van der Waals surface area contributed by atoms with Crippen LogP contribution in [-0.4, -0.2) is 29.7 Å². The van der Waals surface area contributed by atoms with E-state index in [-0.39, 0.29) is 30.9 Å². The predicted octanol–water partition coefficient (Wildman–Crippen LogP) is 3.10. The van der Waals surface area contributed by atoms with E-state index in [1.807, 2.05) is 0 Å². The maximum absolute atomic E-state index is 13.3. The minimum Gasteiger partial charge on any atom is -0.394 e. The quantitative estimate of drug-likeness (QED) is 0.815. The summed E-state index contributed by atoms with van der Waals surface area (Å²) in [6.07, 6.45) is 7.04. The molecule has 2 aliphatic carbocycles. The molecule has 0 aromatic carbocycles. The highest BCUT2D eigenvalue weighted by atomic mass is 19.3. The first kappa shape index (κ1) is 14.2. The molecule has 4 heteroatoms. The number of rotatable bonds is 4. The summed E-state index contributed by atoms with van der Waals surface area (Å²) in [5.41, 5.74) is -0.190. The minimum atomic E-state index is -2.47. The first-order valence-corrected chi connectivity index (χ1v) is 7.29. The monoisotopic (exact) mass is 261 g/mol. The van der Waals surface area contributed by atoms with E-state index in [0.717, 1.165) is 32.1 Å². The fourth-order valence-electron chi connectivity index (χ4n) is 3.43. The average molecular weight is 261 g/mol. The molecule has 0 saturated heterocycles. The van der Waals surface area contributed by atoms with Gasteiger partial charge in [-0.1, -0.05) is 19.3 Å². The molecular formula is C14H25F2NO. The summed E-state index contributed by atoms with van der Waals surface area (Å²) >= 11 is 0. The molecular weight excluding hydrogens is 236 g/mol. The van der Waals surface area contributed by atoms with E-state index >= 15 is 0 Å². The predicted molar refractivity (Wildman–Crippen MR) is 67.8 cm³/mol. The van der Waals surface area contributed by atoms with E-state index in [2.05, 4.69) is 5.32 Å². The molecule has 2 rings (SSSR count). The zero-order valence-corrected chi connectivity index (χ0v) is 11.1. The molecule has 2 saturated carbocycles. The molecule has 0 bridgehead atoms. The van der Waals surface area contributed by atoms with Crippen molar-refractivity contribution >= 4 is 0 Å². The average Bonchev–Trinajstić information content (AvgIpc) is 2.36. The second-order valence-electron chi connectivity index (χ2n) is 6.20. The van der Waals surface area contributed by atoms with Gasteiger partial charge < -0.3 is 10.4 Å². The lowest BCUT2D eigenvalue weighted by atomic mass is 9.80. The zero-order chi connectivity index (χ0) is 13.1. The molecule has 2 nitrogen and oxygen atoms in total. The molecule has 0 aliphatic heterocycles. The molecule has 1 atom stereocenters. The fraction of sp³-hybridized carbons (Fsp3) is 1.00. The van der Waals surface area contributed by atoms with Crippen molar-refractivity contribution in [1.29, 1.82) is 0 Å². The molecule has 2 N–H and O–H groups in total. The van der Waals surface area contributed by atoms with Crippen LogP contribution in [0.2, 0.25) is 0 Å². The van der Waals surface area contributed by atoms with Crippen molar-refractivity contribution in [2.24, 2.45) is 5.92 Å². The lowest BCUT2D eigenvalue weighted by Crippen LogP contribution is -2.52. The number of alkyl halides is 2. The van der Waals surface area contributed by atoms with Crippen molar-refractivity contribution < 1.29 is 13.9 Å². The van der Waals surface area contributed by atoms with Crippen LogP contribution in [-0.2, 0) is 0 Å². The van der Waals surface area contributed by atoms with Gasteiger partial charge in [-0.25, -0.2) is 8.78 Å². The van der Waals surface area contributed by atoms with Crippen LogP contribution in [0, 0.1) is 5.92 Å². The number of hydrogen-bond donors (Lipinski definition) is 2. The second-order valence-corrected chi connectivity index (χ2v) is 6.20. The van der Waals surface area contributed by atoms with Crippen LogP contribution in [0.25, 0.3) is 0 Å². The minimum absolute atomic E-state index is 0.0154. The molecule has 0 heterocycles. The highest BCUT2D eigenvalue weighted by Crippen LogP contribution is 2.37. The van der Waals surface area contributed by atoms with Gasteiger partial charge in [0.2, 0.25) is 5.92 Å². The summed E-state index contributed by atoms with van der Waals surface area (Å²) in [5.74, 6) is -2.40. The number of aliphatic hydroxyl groups excluding tert-OH is 1. The standard InChI is InChI=1S/C14H25F2NO/c15-14(16)8-4-5-12(9-14)10-17-13(11-18)6-2-1-3-7-13/h12,17-18H,1-11H2. The second kappa shape index (κ2) is 5.83. The molecule has 106 valence electrons. The van der Waals surface area contributed by atoms with Gasteiger partial charge in [-0.2, -0.15) is 0 Å². The molecule has 0 amide bonds. The van der Waals surface area contributed by atoms with Crippen molar-refractivity contribution in [3.8, 4) is 0 Å². The largest absolute Gasteiger partial charge is 0.394 e. The number of nitrogens with one attached hydrogen (secondary N) is 1. The molecule has 0 radical (unpaired) electrons. The highest BCUT2D eigenvalue weighted by molar-refractivity contribution is 4.91. The summed E-state index contributed by atoms with van der Waals surface area (Å²) in [7, 11) is 0. The van der Waals surface area contributed by atoms with Crippen molar-refractivity contribution in [3.63, 3.8) is 0 Å². The Bertz CT molecular complexity index is 265. The number of aliphatic hydroxyl groups is 1. The van der Waals surface area contributed by atoms with Crippen LogP contribution in [0.15, 0.2) is 0 Å². The zero-order valence-electron chi connectivity index (χ0n) is 11.1. The molecule has 2 fully saturated rings. The normalized spacial score (nSPS) is 31.2. The lowest BCUT2D eigenvalue weighted by molar-refractivity contribution is -0.0537. The Kier molecular flexibility index (Phi) is 4.59. The third-order valence-corrected chi connectivity index (χ3v) is 4.62. The summed E-state index contributed by atoms with van der Waals surface area (Å²) in [5, 5.41) is 13.0. The van der Waals surface area contributed by atoms with Crippen LogP contribution < -0.4 is 5.32 Å². The van der Waals surface area contributed by atoms with Gasteiger partial charge in [-0.3, -0.25) is 0 Å². The molecule has 2 aliphatic rings. The smallest absolute Gasteiger partial charge is 0.248 e. The van der Waals surface area contributed by atoms with Crippen molar-refractivity contribution in [1.82, 2.24) is 5.32 Å². The Labute approximate surface area is 108 Å². The van der Waals surface area contributed by atoms with E-state index in [4.69, 9.17) is 0 Å². The molecule has 0 spiro atoms. The SMILES string of the molecule is OCC1(NCC2CCCC(F)(F)C2)CCCCC1. The first-order chi connectivity index (χ1) is 8.55. The van der Waals surface area contributed by atoms with Crippen LogP contribution in [0.5, 0.6) is 0 Å². The van der Waals surface area contributed by atoms with Gasteiger partial charge in [0, 0.05) is 18.4 Å². The van der Waals surface area contributed by atoms with E-state index in [1.165, 1.54) is 6.42 Å². The van der Waals surface area contributed by atoms with Gasteiger partial charge in [0.25, 0.3) is 0 Å². The third kappa shape index (κ3) is 3.64. The topological polar surface area (TPSA) is 32.3 Å². The van der Waals surface area contributed by atoms with Crippen molar-refractivity contribution in [3.05, 3.63) is 0 Å². The highest BCUT2D eigenvalue weighted by Gasteiger charge is 2.37. The van der Waals surface area contributed by atoms with E-state index in [0.29, 0.717) is 13.0 Å². The lowest BCUT2D eigenvalue weighted by Gasteiger charge is -2.39. The summed E-state index contributed by atoms with van der Waals surface area (Å²) < 4.78 is 26.6. The summed E-state index contributed by atoms with van der Waals surface area (Å²) in [6, 6.07) is 0. The fourth-order valence-corrected chi connectivity index (χ4v) is 3.43. The van der Waals surface area contributed by atoms with Gasteiger partial charge in [0.1, 0.15) is 0 Å². The van der Waals surface area contributed by atoms with Crippen LogP contribution in [0.3, 0.4) is 0 Å². The molecule has 0 aromatic heterocycles. The van der Waals surface area contributed by atoms with E-state index < -0.39 is 5.92 Å². The van der Waals surface area contributed by atoms with Gasteiger partial charge in [0.05, 0.1) is 6.61 Å². The maximum atomic E-state index is 13.3. The van der Waals surface area contributed by atoms with Crippen molar-refractivity contribution in [2.75, 3.05) is 13.2 Å². The van der Waals surface area contributed by atoms with Crippen LogP contribution >= 0.6 is 0 Å². The molecule has 0 aromatic rings. The third-order valence-electron chi connectivity index (χ3n) is 4.62. The van der Waals surface area contributed by atoms with Gasteiger partial charge in [-0.05, 0) is 38.1 Å². The summed E-state index contributed by atoms with van der Waals surface area (Å²) in [4.78, 5) is 0. The van der Waals surface area contributed by atoms with Gasteiger partial charge >= 0.3 is 0 Å². The maximum Gasteiger partial charge on any atom is 0.248 e. The van der Waals surface area contributed by atoms with Crippen molar-refractivity contribution in [2.45, 2.75) is 69.2 Å². The Hall–Kier alpha value is -0.220. The Morgan fingerprint density at radius 3 is 2.39 bits per heavy atom. The van der Waals surface area contributed by atoms with Gasteiger partial charge in [-0.15, -0.1) is 0 Å². The van der Waals surface area contributed by atoms with Crippen LogP contribution in [0.1, 0.15) is 57.8 Å². The Morgan fingerprint density at radius 2 is 1.78 bits per heavy atom. The number of hydrogen-bond acceptors (Lipinski definition) is 2. The molecule has 18 heavy (non-hydrogen) atoms. The Balaban J connectivity index is 1.82. The summed E-state index contributed by atoms with van der Waals surface area (Å²) in [6.45, 7) is 0.770. The first-order valence-electron chi connectivity index (χ1n) is 7.29. The van der Waals surface area contributed by atoms with E-state index in [9.17, 15) is 13.9 Å². The van der Waals surface area contributed by atoms with Gasteiger partial charge in [0.15, 0.2) is 0 Å². The van der Waals surface area contributed by atoms with Crippen LogP contribution in [0.4, 0.5) is 8.78 Å². The number of halogens is 2.